The van der Waals surface area contributed by atoms with E-state index in [9.17, 15) is 5.11 Å². The monoisotopic (exact) mass is 571 g/mol. The van der Waals surface area contributed by atoms with E-state index in [1.807, 2.05) is 0 Å². The molecule has 0 aromatic rings. The summed E-state index contributed by atoms with van der Waals surface area (Å²) < 4.78 is 12.1. The first-order valence-electron chi connectivity index (χ1n) is 18.2. The third-order valence-corrected chi connectivity index (χ3v) is 8.33. The summed E-state index contributed by atoms with van der Waals surface area (Å²) in [7, 11) is 0. The first-order valence-corrected chi connectivity index (χ1v) is 18.2. The van der Waals surface area contributed by atoms with E-state index >= 15 is 0 Å². The van der Waals surface area contributed by atoms with Gasteiger partial charge >= 0.3 is 0 Å². The molecular weight excluding hydrogens is 496 g/mol. The van der Waals surface area contributed by atoms with Crippen LogP contribution in [0.3, 0.4) is 0 Å². The van der Waals surface area contributed by atoms with Crippen molar-refractivity contribution in [3.05, 3.63) is 0 Å². The van der Waals surface area contributed by atoms with E-state index in [0.717, 1.165) is 32.5 Å². The number of hydrogen-bond donors (Lipinski definition) is 2. The van der Waals surface area contributed by atoms with Crippen molar-refractivity contribution in [2.75, 3.05) is 26.4 Å². The first-order chi connectivity index (χ1) is 19.7. The van der Waals surface area contributed by atoms with Gasteiger partial charge in [0.2, 0.25) is 0 Å². The molecule has 40 heavy (non-hydrogen) atoms. The first kappa shape index (κ1) is 39.8. The van der Waals surface area contributed by atoms with Gasteiger partial charge in [-0.15, -0.1) is 0 Å². The molecule has 4 heteroatoms. The van der Waals surface area contributed by atoms with Crippen LogP contribution in [0.4, 0.5) is 0 Å². The van der Waals surface area contributed by atoms with E-state index in [-0.39, 0.29) is 12.7 Å². The number of rotatable bonds is 35. The molecule has 0 fully saturated rings. The molecule has 0 rings (SSSR count). The molecule has 242 valence electrons. The lowest BCUT2D eigenvalue weighted by Crippen LogP contribution is -2.24. The highest BCUT2D eigenvalue weighted by molar-refractivity contribution is 4.63. The van der Waals surface area contributed by atoms with E-state index < -0.39 is 6.10 Å². The van der Waals surface area contributed by atoms with Crippen molar-refractivity contribution >= 4 is 0 Å². The summed E-state index contributed by atoms with van der Waals surface area (Å²) in [5, 5.41) is 18.9. The standard InChI is InChI=1S/C36H74O4/c1-3-5-7-9-11-13-15-17-19-21-23-25-27-31-39-34-36(30-29-35(38)33-37)40-32-28-26-24-22-20-18-16-14-12-10-8-6-4-2/h35-38H,3-34H2,1-2H3/t35-,36+/m1/s1. The van der Waals surface area contributed by atoms with Gasteiger partial charge in [0.05, 0.1) is 25.4 Å². The van der Waals surface area contributed by atoms with Gasteiger partial charge in [0.1, 0.15) is 0 Å². The maximum absolute atomic E-state index is 9.76. The van der Waals surface area contributed by atoms with Crippen molar-refractivity contribution in [1.82, 2.24) is 0 Å². The summed E-state index contributed by atoms with van der Waals surface area (Å²) in [4.78, 5) is 0. The van der Waals surface area contributed by atoms with E-state index in [4.69, 9.17) is 14.6 Å². The number of hydrogen-bond acceptors (Lipinski definition) is 4. The van der Waals surface area contributed by atoms with Crippen LogP contribution in [-0.4, -0.2) is 48.8 Å². The number of unbranched alkanes of at least 4 members (excludes halogenated alkanes) is 24. The lowest BCUT2D eigenvalue weighted by atomic mass is 10.0. The van der Waals surface area contributed by atoms with Crippen LogP contribution in [0.15, 0.2) is 0 Å². The summed E-state index contributed by atoms with van der Waals surface area (Å²) >= 11 is 0. The Bertz CT molecular complexity index is 445. The third kappa shape index (κ3) is 32.4. The fourth-order valence-corrected chi connectivity index (χ4v) is 5.49. The Kier molecular flexibility index (Phi) is 34.9. The highest BCUT2D eigenvalue weighted by atomic mass is 16.5. The van der Waals surface area contributed by atoms with Crippen LogP contribution < -0.4 is 0 Å². The molecule has 0 saturated carbocycles. The molecule has 2 atom stereocenters. The molecule has 0 bridgehead atoms. The molecule has 4 nitrogen and oxygen atoms in total. The summed E-state index contributed by atoms with van der Waals surface area (Å²) in [5.41, 5.74) is 0. The zero-order chi connectivity index (χ0) is 29.2. The summed E-state index contributed by atoms with van der Waals surface area (Å²) in [6.45, 7) is 6.58. The minimum atomic E-state index is -0.650. The minimum Gasteiger partial charge on any atom is -0.394 e. The second-order valence-corrected chi connectivity index (χ2v) is 12.5. The zero-order valence-electron chi connectivity index (χ0n) is 27.5. The topological polar surface area (TPSA) is 58.9 Å². The molecule has 2 N–H and O–H groups in total. The van der Waals surface area contributed by atoms with Crippen LogP contribution in [0.1, 0.15) is 194 Å². The molecule has 0 heterocycles. The van der Waals surface area contributed by atoms with Gasteiger partial charge in [0.15, 0.2) is 0 Å². The van der Waals surface area contributed by atoms with Gasteiger partial charge < -0.3 is 19.7 Å². The lowest BCUT2D eigenvalue weighted by Gasteiger charge is -2.19. The molecule has 0 radical (unpaired) electrons. The largest absolute Gasteiger partial charge is 0.394 e. The van der Waals surface area contributed by atoms with Crippen molar-refractivity contribution < 1.29 is 19.7 Å². The number of aliphatic hydroxyl groups excluding tert-OH is 2. The van der Waals surface area contributed by atoms with Crippen LogP contribution in [0.2, 0.25) is 0 Å². The van der Waals surface area contributed by atoms with Crippen molar-refractivity contribution in [3.8, 4) is 0 Å². The smallest absolute Gasteiger partial charge is 0.0809 e. The quantitative estimate of drug-likeness (QED) is 0.0744. The Balaban J connectivity index is 3.65. The van der Waals surface area contributed by atoms with E-state index in [0.29, 0.717) is 13.0 Å². The molecule has 0 aliphatic rings. The summed E-state index contributed by atoms with van der Waals surface area (Å²) in [6, 6.07) is 0. The third-order valence-electron chi connectivity index (χ3n) is 8.33. The van der Waals surface area contributed by atoms with Crippen LogP contribution >= 0.6 is 0 Å². The fraction of sp³-hybridized carbons (Fsp3) is 1.00. The van der Waals surface area contributed by atoms with Crippen LogP contribution in [0.5, 0.6) is 0 Å². The fourth-order valence-electron chi connectivity index (χ4n) is 5.49. The number of ether oxygens (including phenoxy) is 2. The predicted octanol–water partition coefficient (Wildman–Crippen LogP) is 10.7. The van der Waals surface area contributed by atoms with Crippen molar-refractivity contribution in [1.29, 1.82) is 0 Å². The summed E-state index contributed by atoms with van der Waals surface area (Å²) in [6.07, 6.45) is 36.1. The van der Waals surface area contributed by atoms with E-state index in [2.05, 4.69) is 13.8 Å². The maximum Gasteiger partial charge on any atom is 0.0809 e. The Hall–Kier alpha value is -0.160. The van der Waals surface area contributed by atoms with Gasteiger partial charge in [-0.1, -0.05) is 168 Å². The van der Waals surface area contributed by atoms with Gasteiger partial charge in [0.25, 0.3) is 0 Å². The SMILES string of the molecule is CCCCCCCCCCCCCCCOC[C@H](CC[C@@H](O)CO)OCCCCCCCCCCCCCCC. The number of aliphatic hydroxyl groups is 2. The molecular formula is C36H74O4. The van der Waals surface area contributed by atoms with Gasteiger partial charge in [-0.3, -0.25) is 0 Å². The van der Waals surface area contributed by atoms with Crippen LogP contribution in [0.25, 0.3) is 0 Å². The van der Waals surface area contributed by atoms with E-state index in [1.54, 1.807) is 0 Å². The van der Waals surface area contributed by atoms with Gasteiger partial charge in [-0.25, -0.2) is 0 Å². The Morgan fingerprint density at radius 1 is 0.450 bits per heavy atom. The normalized spacial score (nSPS) is 13.2. The van der Waals surface area contributed by atoms with Gasteiger partial charge in [-0.05, 0) is 25.7 Å². The highest BCUT2D eigenvalue weighted by Crippen LogP contribution is 2.15. The van der Waals surface area contributed by atoms with E-state index in [1.165, 1.54) is 154 Å². The summed E-state index contributed by atoms with van der Waals surface area (Å²) in [5.74, 6) is 0. The van der Waals surface area contributed by atoms with Gasteiger partial charge in [0, 0.05) is 13.2 Å². The molecule has 0 aromatic carbocycles. The molecule has 0 saturated heterocycles. The Morgan fingerprint density at radius 2 is 0.800 bits per heavy atom. The Morgan fingerprint density at radius 3 is 1.18 bits per heavy atom. The molecule has 0 aromatic heterocycles. The molecule has 0 unspecified atom stereocenters. The second kappa shape index (κ2) is 35.0. The van der Waals surface area contributed by atoms with Crippen molar-refractivity contribution in [3.63, 3.8) is 0 Å². The molecule has 0 amide bonds. The molecule has 0 spiro atoms. The molecule has 0 aliphatic carbocycles. The van der Waals surface area contributed by atoms with Crippen molar-refractivity contribution in [2.24, 2.45) is 0 Å². The average Bonchev–Trinajstić information content (AvgIpc) is 2.97. The van der Waals surface area contributed by atoms with Gasteiger partial charge in [-0.2, -0.15) is 0 Å². The minimum absolute atomic E-state index is 0.0282. The predicted molar refractivity (Wildman–Crippen MR) is 174 cm³/mol. The maximum atomic E-state index is 9.76. The van der Waals surface area contributed by atoms with Crippen LogP contribution in [-0.2, 0) is 9.47 Å². The van der Waals surface area contributed by atoms with Crippen molar-refractivity contribution in [2.45, 2.75) is 206 Å². The Labute approximate surface area is 251 Å². The highest BCUT2D eigenvalue weighted by Gasteiger charge is 2.12. The zero-order valence-corrected chi connectivity index (χ0v) is 27.5. The lowest BCUT2D eigenvalue weighted by molar-refractivity contribution is -0.0307. The molecule has 0 aliphatic heterocycles. The average molecular weight is 571 g/mol. The second-order valence-electron chi connectivity index (χ2n) is 12.5. The van der Waals surface area contributed by atoms with Crippen LogP contribution in [0, 0.1) is 0 Å².